The Hall–Kier alpha value is -1.43. The Kier molecular flexibility index (Phi) is 4.24. The zero-order valence-corrected chi connectivity index (χ0v) is 12.9. The normalized spacial score (nSPS) is 15.8. The molecule has 3 rings (SSSR count). The van der Waals surface area contributed by atoms with Crippen LogP contribution in [0.15, 0.2) is 46.9 Å². The van der Waals surface area contributed by atoms with Gasteiger partial charge in [-0.1, -0.05) is 28.1 Å². The number of hydrogen-bond acceptors (Lipinski definition) is 3. The van der Waals surface area contributed by atoms with E-state index >= 15 is 0 Å². The van der Waals surface area contributed by atoms with E-state index < -0.39 is 6.04 Å². The van der Waals surface area contributed by atoms with E-state index in [2.05, 4.69) is 21.4 Å². The van der Waals surface area contributed by atoms with Crippen molar-refractivity contribution in [2.75, 3.05) is 0 Å². The Morgan fingerprint density at radius 2 is 1.90 bits per heavy atom. The molecule has 1 aliphatic rings. The predicted octanol–water partition coefficient (Wildman–Crippen LogP) is 3.68. The molecule has 1 saturated carbocycles. The van der Waals surface area contributed by atoms with Crippen LogP contribution in [0.2, 0.25) is 0 Å². The average molecular weight is 351 g/mol. The zero-order chi connectivity index (χ0) is 14.8. The first-order chi connectivity index (χ1) is 10.2. The Morgan fingerprint density at radius 3 is 2.52 bits per heavy atom. The quantitative estimate of drug-likeness (QED) is 0.638. The van der Waals surface area contributed by atoms with Gasteiger partial charge in [-0.2, -0.15) is 0 Å². The summed E-state index contributed by atoms with van der Waals surface area (Å²) in [5.74, 6) is 6.17. The van der Waals surface area contributed by atoms with Gasteiger partial charge in [0, 0.05) is 10.0 Å². The van der Waals surface area contributed by atoms with Crippen molar-refractivity contribution in [3.8, 4) is 5.75 Å². The van der Waals surface area contributed by atoms with Gasteiger partial charge in [0.15, 0.2) is 0 Å². The molecule has 1 aliphatic carbocycles. The van der Waals surface area contributed by atoms with Crippen molar-refractivity contribution < 1.29 is 9.13 Å². The van der Waals surface area contributed by atoms with E-state index in [0.717, 1.165) is 28.6 Å². The number of hydrazine groups is 1. The van der Waals surface area contributed by atoms with E-state index in [0.29, 0.717) is 11.7 Å². The van der Waals surface area contributed by atoms with Crippen LogP contribution < -0.4 is 16.0 Å². The first-order valence-electron chi connectivity index (χ1n) is 6.85. The summed E-state index contributed by atoms with van der Waals surface area (Å²) < 4.78 is 20.5. The largest absolute Gasteiger partial charge is 0.490 e. The zero-order valence-electron chi connectivity index (χ0n) is 11.4. The maximum absolute atomic E-state index is 14.0. The number of nitrogens with two attached hydrogens (primary N) is 1. The summed E-state index contributed by atoms with van der Waals surface area (Å²) in [4.78, 5) is 0. The van der Waals surface area contributed by atoms with Gasteiger partial charge in [-0.25, -0.2) is 9.82 Å². The van der Waals surface area contributed by atoms with Crippen LogP contribution in [-0.4, -0.2) is 6.10 Å². The molecule has 21 heavy (non-hydrogen) atoms. The fourth-order valence-electron chi connectivity index (χ4n) is 2.22. The minimum absolute atomic E-state index is 0.292. The molecule has 0 saturated heterocycles. The van der Waals surface area contributed by atoms with Crippen molar-refractivity contribution in [3.05, 3.63) is 63.9 Å². The summed E-state index contributed by atoms with van der Waals surface area (Å²) in [7, 11) is 0. The van der Waals surface area contributed by atoms with Gasteiger partial charge in [-0.3, -0.25) is 5.84 Å². The highest BCUT2D eigenvalue weighted by Crippen LogP contribution is 2.30. The third kappa shape index (κ3) is 3.43. The molecule has 0 aromatic heterocycles. The molecule has 1 unspecified atom stereocenters. The second kappa shape index (κ2) is 6.13. The second-order valence-electron chi connectivity index (χ2n) is 5.15. The lowest BCUT2D eigenvalue weighted by atomic mass is 9.99. The van der Waals surface area contributed by atoms with Gasteiger partial charge >= 0.3 is 0 Å². The Labute approximate surface area is 131 Å². The van der Waals surface area contributed by atoms with E-state index in [1.165, 1.54) is 6.07 Å². The van der Waals surface area contributed by atoms with Gasteiger partial charge in [0.2, 0.25) is 0 Å². The van der Waals surface area contributed by atoms with E-state index in [1.807, 2.05) is 24.3 Å². The number of rotatable bonds is 5. The standard InChI is InChI=1S/C16H16BrFN2O/c17-11-3-8-15(18)14(9-11)16(20-19)10-1-4-12(5-2-10)21-13-6-7-13/h1-5,8-9,13,16,20H,6-7,19H2. The number of halogens is 2. The maximum Gasteiger partial charge on any atom is 0.128 e. The summed E-state index contributed by atoms with van der Waals surface area (Å²) >= 11 is 3.36. The van der Waals surface area contributed by atoms with Crippen LogP contribution in [0.4, 0.5) is 4.39 Å². The van der Waals surface area contributed by atoms with Crippen molar-refractivity contribution >= 4 is 15.9 Å². The monoisotopic (exact) mass is 350 g/mol. The second-order valence-corrected chi connectivity index (χ2v) is 6.07. The maximum atomic E-state index is 14.0. The van der Waals surface area contributed by atoms with Gasteiger partial charge in [-0.15, -0.1) is 0 Å². The van der Waals surface area contributed by atoms with Crippen LogP contribution in [0.1, 0.15) is 30.0 Å². The molecule has 0 spiro atoms. The van der Waals surface area contributed by atoms with Gasteiger partial charge in [0.05, 0.1) is 12.1 Å². The fourth-order valence-corrected chi connectivity index (χ4v) is 2.60. The fraction of sp³-hybridized carbons (Fsp3) is 0.250. The Balaban J connectivity index is 1.86. The molecule has 1 atom stereocenters. The molecular weight excluding hydrogens is 335 g/mol. The Morgan fingerprint density at radius 1 is 1.19 bits per heavy atom. The van der Waals surface area contributed by atoms with Gasteiger partial charge in [-0.05, 0) is 48.7 Å². The van der Waals surface area contributed by atoms with Crippen molar-refractivity contribution in [2.45, 2.75) is 25.0 Å². The van der Waals surface area contributed by atoms with E-state index in [9.17, 15) is 4.39 Å². The summed E-state index contributed by atoms with van der Waals surface area (Å²) in [5.41, 5.74) is 4.06. The molecule has 2 aromatic rings. The first-order valence-corrected chi connectivity index (χ1v) is 7.64. The smallest absolute Gasteiger partial charge is 0.128 e. The molecule has 3 N–H and O–H groups in total. The number of benzene rings is 2. The number of nitrogens with one attached hydrogen (secondary N) is 1. The first kappa shape index (κ1) is 14.5. The highest BCUT2D eigenvalue weighted by atomic mass is 79.9. The molecule has 0 heterocycles. The highest BCUT2D eigenvalue weighted by Gasteiger charge is 2.23. The van der Waals surface area contributed by atoms with E-state index in [1.54, 1.807) is 12.1 Å². The topological polar surface area (TPSA) is 47.3 Å². The minimum Gasteiger partial charge on any atom is -0.490 e. The molecule has 3 nitrogen and oxygen atoms in total. The third-order valence-electron chi connectivity index (χ3n) is 3.48. The van der Waals surface area contributed by atoms with Crippen molar-refractivity contribution in [3.63, 3.8) is 0 Å². The van der Waals surface area contributed by atoms with Crippen LogP contribution in [0.25, 0.3) is 0 Å². The van der Waals surface area contributed by atoms with Crippen LogP contribution in [0.5, 0.6) is 5.75 Å². The number of ether oxygens (including phenoxy) is 1. The molecule has 5 heteroatoms. The third-order valence-corrected chi connectivity index (χ3v) is 3.97. The SMILES string of the molecule is NNC(c1ccc(OC2CC2)cc1)c1cc(Br)ccc1F. The van der Waals surface area contributed by atoms with Crippen LogP contribution >= 0.6 is 15.9 Å². The molecular formula is C16H16BrFN2O. The highest BCUT2D eigenvalue weighted by molar-refractivity contribution is 9.10. The number of hydrogen-bond donors (Lipinski definition) is 2. The lowest BCUT2D eigenvalue weighted by Gasteiger charge is -2.18. The summed E-state index contributed by atoms with van der Waals surface area (Å²) in [6.45, 7) is 0. The molecule has 0 aliphatic heterocycles. The van der Waals surface area contributed by atoms with Crippen LogP contribution in [0.3, 0.4) is 0 Å². The predicted molar refractivity (Wildman–Crippen MR) is 83.4 cm³/mol. The van der Waals surface area contributed by atoms with E-state index in [4.69, 9.17) is 10.6 Å². The molecule has 2 aromatic carbocycles. The summed E-state index contributed by atoms with van der Waals surface area (Å²) in [6.07, 6.45) is 2.61. The lowest BCUT2D eigenvalue weighted by Crippen LogP contribution is -2.29. The minimum atomic E-state index is -0.405. The van der Waals surface area contributed by atoms with Gasteiger partial charge in [0.1, 0.15) is 11.6 Å². The molecule has 0 amide bonds. The van der Waals surface area contributed by atoms with Gasteiger partial charge < -0.3 is 4.74 Å². The molecule has 0 bridgehead atoms. The van der Waals surface area contributed by atoms with Crippen LogP contribution in [-0.2, 0) is 0 Å². The molecule has 1 fully saturated rings. The van der Waals surface area contributed by atoms with Crippen LogP contribution in [0, 0.1) is 5.82 Å². The lowest BCUT2D eigenvalue weighted by molar-refractivity contribution is 0.303. The average Bonchev–Trinajstić information content (AvgIpc) is 3.29. The van der Waals surface area contributed by atoms with Crippen molar-refractivity contribution in [1.82, 2.24) is 5.43 Å². The van der Waals surface area contributed by atoms with Crippen molar-refractivity contribution in [1.29, 1.82) is 0 Å². The summed E-state index contributed by atoms with van der Waals surface area (Å²) in [6, 6.07) is 12.0. The summed E-state index contributed by atoms with van der Waals surface area (Å²) in [5, 5.41) is 0. The van der Waals surface area contributed by atoms with Crippen molar-refractivity contribution in [2.24, 2.45) is 5.84 Å². The Bertz CT molecular complexity index is 629. The van der Waals surface area contributed by atoms with Gasteiger partial charge in [0.25, 0.3) is 0 Å². The molecule has 110 valence electrons. The molecule has 0 radical (unpaired) electrons. The van der Waals surface area contributed by atoms with E-state index in [-0.39, 0.29) is 5.82 Å².